The third kappa shape index (κ3) is 4.03. The number of nitro groups is 1. The Hall–Kier alpha value is -3.23. The summed E-state index contributed by atoms with van der Waals surface area (Å²) < 4.78 is 31.1. The number of benzene rings is 3. The fourth-order valence-corrected chi connectivity index (χ4v) is 3.98. The van der Waals surface area contributed by atoms with Gasteiger partial charge in [0.15, 0.2) is 0 Å². The summed E-state index contributed by atoms with van der Waals surface area (Å²) in [4.78, 5) is 22.2. The summed E-state index contributed by atoms with van der Waals surface area (Å²) in [7, 11) is -4.10. The molecule has 142 valence electrons. The smallest absolute Gasteiger partial charge is 0.344 e. The monoisotopic (exact) mass is 417 g/mol. The van der Waals surface area contributed by atoms with Crippen LogP contribution in [-0.4, -0.2) is 19.3 Å². The molecule has 0 spiro atoms. The van der Waals surface area contributed by atoms with Gasteiger partial charge in [-0.05, 0) is 48.5 Å². The van der Waals surface area contributed by atoms with Gasteiger partial charge < -0.3 is 4.74 Å². The number of non-ortho nitro benzene ring substituents is 1. The Labute approximate surface area is 165 Å². The third-order valence-electron chi connectivity index (χ3n) is 3.78. The molecule has 0 N–H and O–H groups in total. The van der Waals surface area contributed by atoms with Gasteiger partial charge in [-0.3, -0.25) is 10.1 Å². The minimum Gasteiger partial charge on any atom is -0.423 e. The van der Waals surface area contributed by atoms with Gasteiger partial charge in [-0.1, -0.05) is 23.7 Å². The van der Waals surface area contributed by atoms with Crippen LogP contribution < -0.4 is 4.74 Å². The molecular weight excluding hydrogens is 406 g/mol. The van der Waals surface area contributed by atoms with E-state index >= 15 is 0 Å². The molecule has 0 saturated carbocycles. The number of halogens is 1. The van der Waals surface area contributed by atoms with E-state index in [1.165, 1.54) is 48.5 Å². The number of hydrogen-bond acceptors (Lipinski definition) is 6. The molecule has 0 radical (unpaired) electrons. The first-order valence-electron chi connectivity index (χ1n) is 7.85. The minimum absolute atomic E-state index is 0.157. The fourth-order valence-electron chi connectivity index (χ4n) is 2.41. The second-order valence-electron chi connectivity index (χ2n) is 5.59. The van der Waals surface area contributed by atoms with Crippen LogP contribution in [0.25, 0.3) is 0 Å². The zero-order valence-electron chi connectivity index (χ0n) is 14.1. The number of carbonyl (C=O) groups is 1. The number of rotatable bonds is 5. The van der Waals surface area contributed by atoms with Gasteiger partial charge >= 0.3 is 5.97 Å². The summed E-state index contributed by atoms with van der Waals surface area (Å²) in [6, 6.07) is 16.0. The lowest BCUT2D eigenvalue weighted by molar-refractivity contribution is -0.384. The number of nitrogens with zero attached hydrogens (tertiary/aromatic N) is 1. The fraction of sp³-hybridized carbons (Fsp3) is 0. The molecule has 9 heteroatoms. The minimum atomic E-state index is -4.10. The Morgan fingerprint density at radius 2 is 1.54 bits per heavy atom. The molecule has 7 nitrogen and oxygen atoms in total. The molecule has 3 aromatic rings. The van der Waals surface area contributed by atoms with Gasteiger partial charge in [0, 0.05) is 17.2 Å². The Morgan fingerprint density at radius 3 is 2.14 bits per heavy atom. The highest BCUT2D eigenvalue weighted by Gasteiger charge is 2.25. The lowest BCUT2D eigenvalue weighted by Crippen LogP contribution is -2.14. The number of sulfone groups is 1. The first-order chi connectivity index (χ1) is 13.3. The molecule has 0 aliphatic heterocycles. The van der Waals surface area contributed by atoms with Crippen LogP contribution >= 0.6 is 11.6 Å². The van der Waals surface area contributed by atoms with Gasteiger partial charge in [-0.25, -0.2) is 13.2 Å². The molecule has 0 amide bonds. The van der Waals surface area contributed by atoms with Crippen LogP contribution in [0.15, 0.2) is 82.6 Å². The maximum absolute atomic E-state index is 12.9. The van der Waals surface area contributed by atoms with Gasteiger partial charge in [0.2, 0.25) is 9.84 Å². The highest BCUT2D eigenvalue weighted by Crippen LogP contribution is 2.27. The van der Waals surface area contributed by atoms with Crippen LogP contribution in [-0.2, 0) is 9.84 Å². The first-order valence-corrected chi connectivity index (χ1v) is 9.71. The summed E-state index contributed by atoms with van der Waals surface area (Å²) >= 11 is 5.79. The number of hydrogen-bond donors (Lipinski definition) is 0. The van der Waals surface area contributed by atoms with Gasteiger partial charge in [-0.15, -0.1) is 0 Å². The lowest BCUT2D eigenvalue weighted by atomic mass is 10.2. The quantitative estimate of drug-likeness (QED) is 0.265. The van der Waals surface area contributed by atoms with Crippen molar-refractivity contribution in [1.82, 2.24) is 0 Å². The first kappa shape index (κ1) is 19.5. The van der Waals surface area contributed by atoms with Crippen molar-refractivity contribution in [2.45, 2.75) is 9.79 Å². The summed E-state index contributed by atoms with van der Waals surface area (Å²) in [5.74, 6) is -0.652. The van der Waals surface area contributed by atoms with Gasteiger partial charge in [0.05, 0.1) is 20.3 Å². The summed E-state index contributed by atoms with van der Waals surface area (Å²) in [5.41, 5.74) is -0.398. The van der Waals surface area contributed by atoms with Crippen LogP contribution in [0.5, 0.6) is 5.75 Å². The van der Waals surface area contributed by atoms with E-state index in [1.54, 1.807) is 0 Å². The molecular formula is C19H12ClNO6S. The maximum atomic E-state index is 12.9. The van der Waals surface area contributed by atoms with E-state index < -0.39 is 20.7 Å². The van der Waals surface area contributed by atoms with E-state index in [9.17, 15) is 23.3 Å². The van der Waals surface area contributed by atoms with E-state index in [-0.39, 0.29) is 26.8 Å². The highest BCUT2D eigenvalue weighted by molar-refractivity contribution is 7.91. The predicted octanol–water partition coefficient (Wildman–Crippen LogP) is 4.30. The second-order valence-corrected chi connectivity index (χ2v) is 7.95. The van der Waals surface area contributed by atoms with Gasteiger partial charge in [0.1, 0.15) is 5.75 Å². The zero-order valence-corrected chi connectivity index (χ0v) is 15.7. The molecule has 3 rings (SSSR count). The number of nitro benzene ring substituents is 1. The van der Waals surface area contributed by atoms with Gasteiger partial charge in [0.25, 0.3) is 5.69 Å². The van der Waals surface area contributed by atoms with Gasteiger partial charge in [-0.2, -0.15) is 0 Å². The Kier molecular flexibility index (Phi) is 5.43. The molecule has 0 aliphatic carbocycles. The van der Waals surface area contributed by atoms with E-state index in [1.807, 2.05) is 0 Å². The molecule has 0 heterocycles. The number of esters is 1. The van der Waals surface area contributed by atoms with E-state index in [4.69, 9.17) is 16.3 Å². The van der Waals surface area contributed by atoms with Crippen molar-refractivity contribution in [2.75, 3.05) is 0 Å². The van der Waals surface area contributed by atoms with Crippen LogP contribution in [0.1, 0.15) is 10.4 Å². The Balaban J connectivity index is 1.97. The number of ether oxygens (including phenoxy) is 1. The maximum Gasteiger partial charge on any atom is 0.344 e. The van der Waals surface area contributed by atoms with Crippen LogP contribution in [0, 0.1) is 10.1 Å². The average Bonchev–Trinajstić information content (AvgIpc) is 2.69. The molecule has 0 unspecified atom stereocenters. The molecule has 28 heavy (non-hydrogen) atoms. The van der Waals surface area contributed by atoms with Crippen LogP contribution in [0.4, 0.5) is 5.69 Å². The van der Waals surface area contributed by atoms with E-state index in [0.29, 0.717) is 5.02 Å². The van der Waals surface area contributed by atoms with Crippen molar-refractivity contribution >= 4 is 33.1 Å². The lowest BCUT2D eigenvalue weighted by Gasteiger charge is -2.10. The van der Waals surface area contributed by atoms with Crippen molar-refractivity contribution in [3.63, 3.8) is 0 Å². The van der Waals surface area contributed by atoms with Crippen molar-refractivity contribution in [2.24, 2.45) is 0 Å². The topological polar surface area (TPSA) is 104 Å². The van der Waals surface area contributed by atoms with Crippen LogP contribution in [0.2, 0.25) is 5.02 Å². The molecule has 3 aromatic carbocycles. The average molecular weight is 418 g/mol. The third-order valence-corrected chi connectivity index (χ3v) is 5.86. The molecule has 0 bridgehead atoms. The Bertz CT molecular complexity index is 1140. The van der Waals surface area contributed by atoms with Crippen molar-refractivity contribution < 1.29 is 22.9 Å². The molecule has 0 saturated heterocycles. The van der Waals surface area contributed by atoms with Crippen molar-refractivity contribution in [3.8, 4) is 5.75 Å². The molecule has 0 atom stereocenters. The second kappa shape index (κ2) is 7.79. The molecule has 0 aliphatic rings. The Morgan fingerprint density at radius 1 is 0.929 bits per heavy atom. The summed E-state index contributed by atoms with van der Waals surface area (Å²) in [6.07, 6.45) is 0. The number of carbonyl (C=O) groups excluding carboxylic acids is 1. The highest BCUT2D eigenvalue weighted by atomic mass is 35.5. The standard InChI is InChI=1S/C19H12ClNO6S/c20-13-5-9-15(10-6-13)27-19(22)17-3-1-2-4-18(17)28(25,26)16-11-7-14(8-12-16)21(23)24/h1-12H. The predicted molar refractivity (Wildman–Crippen MR) is 101 cm³/mol. The normalized spacial score (nSPS) is 11.0. The van der Waals surface area contributed by atoms with E-state index in [0.717, 1.165) is 24.3 Å². The molecule has 0 fully saturated rings. The largest absolute Gasteiger partial charge is 0.423 e. The van der Waals surface area contributed by atoms with Crippen molar-refractivity contribution in [3.05, 3.63) is 93.5 Å². The van der Waals surface area contributed by atoms with Crippen molar-refractivity contribution in [1.29, 1.82) is 0 Å². The van der Waals surface area contributed by atoms with Crippen LogP contribution in [0.3, 0.4) is 0 Å². The zero-order chi connectivity index (χ0) is 20.3. The summed E-state index contributed by atoms with van der Waals surface area (Å²) in [6.45, 7) is 0. The SMILES string of the molecule is O=C(Oc1ccc(Cl)cc1)c1ccccc1S(=O)(=O)c1ccc([N+](=O)[O-])cc1. The molecule has 0 aromatic heterocycles. The summed E-state index contributed by atoms with van der Waals surface area (Å²) in [5, 5.41) is 11.2. The van der Waals surface area contributed by atoms with E-state index in [2.05, 4.69) is 0 Å².